The summed E-state index contributed by atoms with van der Waals surface area (Å²) in [5, 5.41) is 0. The topological polar surface area (TPSA) is 48.0 Å². The number of carbonyl (C=O) groups excluding carboxylic acids is 1. The van der Waals surface area contributed by atoms with Crippen molar-refractivity contribution in [2.24, 2.45) is 0 Å². The molecule has 2 rings (SSSR count). The number of nitrogens with zero attached hydrogens (tertiary/aromatic N) is 1. The van der Waals surface area contributed by atoms with Crippen molar-refractivity contribution in [2.75, 3.05) is 6.61 Å². The monoisotopic (exact) mass is 283 g/mol. The Kier molecular flexibility index (Phi) is 3.86. The fourth-order valence-corrected chi connectivity index (χ4v) is 2.56. The highest BCUT2D eigenvalue weighted by Gasteiger charge is 2.49. The molecule has 1 amide bonds. The van der Waals surface area contributed by atoms with E-state index in [0.29, 0.717) is 6.61 Å². The first-order chi connectivity index (χ1) is 9.10. The molecule has 0 aliphatic carbocycles. The number of rotatable bonds is 1. The maximum Gasteiger partial charge on any atom is 0.413 e. The van der Waals surface area contributed by atoms with Crippen LogP contribution in [0.1, 0.15) is 41.5 Å². The lowest BCUT2D eigenvalue weighted by molar-refractivity contribution is -0.0694. The third kappa shape index (κ3) is 3.15. The minimum Gasteiger partial charge on any atom is -0.444 e. The predicted molar refractivity (Wildman–Crippen MR) is 75.4 cm³/mol. The fourth-order valence-electron chi connectivity index (χ4n) is 2.56. The molecule has 114 valence electrons. The van der Waals surface area contributed by atoms with E-state index in [9.17, 15) is 4.79 Å². The van der Waals surface area contributed by atoms with Crippen LogP contribution in [0.3, 0.4) is 0 Å². The number of hydrogen-bond acceptors (Lipinski definition) is 4. The van der Waals surface area contributed by atoms with E-state index in [2.05, 4.69) is 0 Å². The van der Waals surface area contributed by atoms with Crippen molar-refractivity contribution in [3.8, 4) is 0 Å². The predicted octanol–water partition coefficient (Wildman–Crippen LogP) is 2.70. The van der Waals surface area contributed by atoms with Gasteiger partial charge >= 0.3 is 6.09 Å². The van der Waals surface area contributed by atoms with Crippen molar-refractivity contribution in [1.82, 2.24) is 4.90 Å². The summed E-state index contributed by atoms with van der Waals surface area (Å²) >= 11 is 0. The lowest BCUT2D eigenvalue weighted by Gasteiger charge is -2.36. The van der Waals surface area contributed by atoms with Crippen molar-refractivity contribution >= 4 is 6.09 Å². The molecule has 0 saturated carbocycles. The quantitative estimate of drug-likeness (QED) is 0.694. The van der Waals surface area contributed by atoms with E-state index in [0.717, 1.165) is 0 Å². The van der Waals surface area contributed by atoms with Gasteiger partial charge in [0.05, 0.1) is 24.9 Å². The highest BCUT2D eigenvalue weighted by atomic mass is 16.6. The normalized spacial score (nSPS) is 32.7. The molecule has 2 heterocycles. The molecule has 0 aromatic rings. The third-order valence-electron chi connectivity index (χ3n) is 3.43. The summed E-state index contributed by atoms with van der Waals surface area (Å²) in [5.41, 5.74) is -1.21. The minimum atomic E-state index is -0.684. The summed E-state index contributed by atoms with van der Waals surface area (Å²) in [5.74, 6) is 0. The van der Waals surface area contributed by atoms with Crippen LogP contribution < -0.4 is 0 Å². The van der Waals surface area contributed by atoms with Gasteiger partial charge in [0.2, 0.25) is 0 Å². The molecule has 0 N–H and O–H groups in total. The standard InChI is InChI=1S/C15H25NO4/c1-10-7-8-12(19-10)11-9-18-15(5,6)16(11)13(17)20-14(2,3)4/h7-8,10-12H,9H2,1-6H3/t10-,11-,12+/m0/s1. The van der Waals surface area contributed by atoms with Gasteiger partial charge in [0.25, 0.3) is 0 Å². The molecule has 0 aromatic heterocycles. The van der Waals surface area contributed by atoms with Gasteiger partial charge in [-0.05, 0) is 41.5 Å². The van der Waals surface area contributed by atoms with Crippen LogP contribution in [0.2, 0.25) is 0 Å². The molecule has 2 aliphatic heterocycles. The SMILES string of the molecule is C[C@H]1C=C[C@H]([C@@H]2COC(C)(C)N2C(=O)OC(C)(C)C)O1. The lowest BCUT2D eigenvalue weighted by atomic mass is 10.1. The van der Waals surface area contributed by atoms with Crippen LogP contribution >= 0.6 is 0 Å². The maximum absolute atomic E-state index is 12.5. The third-order valence-corrected chi connectivity index (χ3v) is 3.43. The Bertz CT molecular complexity index is 411. The molecule has 0 radical (unpaired) electrons. The minimum absolute atomic E-state index is 0.0733. The Morgan fingerprint density at radius 2 is 2.00 bits per heavy atom. The Balaban J connectivity index is 2.16. The average molecular weight is 283 g/mol. The van der Waals surface area contributed by atoms with E-state index >= 15 is 0 Å². The first-order valence-corrected chi connectivity index (χ1v) is 7.10. The van der Waals surface area contributed by atoms with Gasteiger partial charge in [-0.3, -0.25) is 4.90 Å². The summed E-state index contributed by atoms with van der Waals surface area (Å²) in [7, 11) is 0. The van der Waals surface area contributed by atoms with Crippen molar-refractivity contribution < 1.29 is 19.0 Å². The Hall–Kier alpha value is -1.07. The molecule has 0 unspecified atom stereocenters. The number of hydrogen-bond donors (Lipinski definition) is 0. The van der Waals surface area contributed by atoms with E-state index in [-0.39, 0.29) is 24.3 Å². The molecule has 0 aromatic carbocycles. The molecule has 0 spiro atoms. The average Bonchev–Trinajstić information content (AvgIpc) is 2.79. The second-order valence-corrected chi connectivity index (χ2v) is 6.87. The van der Waals surface area contributed by atoms with Crippen LogP contribution in [-0.4, -0.2) is 47.2 Å². The van der Waals surface area contributed by atoms with Gasteiger partial charge in [-0.15, -0.1) is 0 Å². The van der Waals surface area contributed by atoms with Gasteiger partial charge in [0.15, 0.2) is 0 Å². The number of carbonyl (C=O) groups is 1. The first-order valence-electron chi connectivity index (χ1n) is 7.10. The van der Waals surface area contributed by atoms with E-state index in [4.69, 9.17) is 14.2 Å². The van der Waals surface area contributed by atoms with Crippen LogP contribution in [0.25, 0.3) is 0 Å². The van der Waals surface area contributed by atoms with Gasteiger partial charge in [0.1, 0.15) is 11.3 Å². The summed E-state index contributed by atoms with van der Waals surface area (Å²) in [6.45, 7) is 11.8. The molecular formula is C15H25NO4. The number of amides is 1. The first kappa shape index (κ1) is 15.3. The molecule has 5 nitrogen and oxygen atoms in total. The van der Waals surface area contributed by atoms with Gasteiger partial charge < -0.3 is 14.2 Å². The summed E-state index contributed by atoms with van der Waals surface area (Å²) < 4.78 is 17.1. The Morgan fingerprint density at radius 1 is 1.35 bits per heavy atom. The smallest absolute Gasteiger partial charge is 0.413 e. The molecule has 3 atom stereocenters. The maximum atomic E-state index is 12.5. The molecule has 1 saturated heterocycles. The second-order valence-electron chi connectivity index (χ2n) is 6.87. The lowest BCUT2D eigenvalue weighted by Crippen LogP contribution is -2.53. The zero-order valence-corrected chi connectivity index (χ0v) is 13.2. The van der Waals surface area contributed by atoms with Crippen LogP contribution in [0.4, 0.5) is 4.79 Å². The van der Waals surface area contributed by atoms with Crippen LogP contribution in [-0.2, 0) is 14.2 Å². The van der Waals surface area contributed by atoms with Crippen molar-refractivity contribution in [1.29, 1.82) is 0 Å². The van der Waals surface area contributed by atoms with Crippen molar-refractivity contribution in [3.05, 3.63) is 12.2 Å². The van der Waals surface area contributed by atoms with Crippen LogP contribution in [0.5, 0.6) is 0 Å². The van der Waals surface area contributed by atoms with E-state index in [1.54, 1.807) is 4.90 Å². The van der Waals surface area contributed by atoms with E-state index in [1.807, 2.05) is 53.7 Å². The highest BCUT2D eigenvalue weighted by Crippen LogP contribution is 2.33. The highest BCUT2D eigenvalue weighted by molar-refractivity contribution is 5.70. The van der Waals surface area contributed by atoms with Crippen molar-refractivity contribution in [3.63, 3.8) is 0 Å². The number of ether oxygens (including phenoxy) is 3. The zero-order valence-electron chi connectivity index (χ0n) is 13.2. The molecule has 2 aliphatic rings. The Morgan fingerprint density at radius 3 is 2.50 bits per heavy atom. The van der Waals surface area contributed by atoms with Gasteiger partial charge in [-0.1, -0.05) is 12.2 Å². The summed E-state index contributed by atoms with van der Waals surface area (Å²) in [6, 6.07) is -0.152. The molecular weight excluding hydrogens is 258 g/mol. The van der Waals surface area contributed by atoms with Crippen LogP contribution in [0, 0.1) is 0 Å². The largest absolute Gasteiger partial charge is 0.444 e. The van der Waals surface area contributed by atoms with E-state index < -0.39 is 11.3 Å². The molecule has 5 heteroatoms. The van der Waals surface area contributed by atoms with Crippen LogP contribution in [0.15, 0.2) is 12.2 Å². The van der Waals surface area contributed by atoms with Gasteiger partial charge in [-0.25, -0.2) is 4.79 Å². The molecule has 0 bridgehead atoms. The second kappa shape index (κ2) is 5.04. The Labute approximate surface area is 120 Å². The molecule has 1 fully saturated rings. The fraction of sp³-hybridized carbons (Fsp3) is 0.800. The summed E-state index contributed by atoms with van der Waals surface area (Å²) in [6.07, 6.45) is 3.57. The zero-order chi connectivity index (χ0) is 15.1. The summed E-state index contributed by atoms with van der Waals surface area (Å²) in [4.78, 5) is 14.1. The molecule has 20 heavy (non-hydrogen) atoms. The van der Waals surface area contributed by atoms with E-state index in [1.165, 1.54) is 0 Å². The van der Waals surface area contributed by atoms with Gasteiger partial charge in [0, 0.05) is 0 Å². The van der Waals surface area contributed by atoms with Crippen molar-refractivity contribution in [2.45, 2.75) is 71.1 Å². The van der Waals surface area contributed by atoms with Gasteiger partial charge in [-0.2, -0.15) is 0 Å².